The zero-order valence-corrected chi connectivity index (χ0v) is 8.52. The monoisotopic (exact) mass is 166 g/mol. The fraction of sp³-hybridized carbons (Fsp3) is 0.800. The summed E-state index contributed by atoms with van der Waals surface area (Å²) in [5.74, 6) is 0. The number of hydrogen-bond acceptors (Lipinski definition) is 2. The first-order valence-corrected chi connectivity index (χ1v) is 4.46. The minimum Gasteiger partial charge on any atom is -0.297 e. The SMILES string of the molecule is CN=C1CC(=NC)CC(C)(C)C1. The van der Waals surface area contributed by atoms with Crippen molar-refractivity contribution in [3.63, 3.8) is 0 Å². The van der Waals surface area contributed by atoms with Crippen molar-refractivity contribution in [1.82, 2.24) is 0 Å². The highest BCUT2D eigenvalue weighted by Gasteiger charge is 2.28. The third kappa shape index (κ3) is 2.16. The predicted octanol–water partition coefficient (Wildman–Crippen LogP) is 2.34. The van der Waals surface area contributed by atoms with Crippen molar-refractivity contribution in [3.05, 3.63) is 0 Å². The lowest BCUT2D eigenvalue weighted by Gasteiger charge is -2.31. The lowest BCUT2D eigenvalue weighted by molar-refractivity contribution is 0.389. The molecule has 0 aromatic carbocycles. The second-order valence-corrected chi connectivity index (χ2v) is 4.27. The van der Waals surface area contributed by atoms with Gasteiger partial charge in [0, 0.05) is 31.9 Å². The smallest absolute Gasteiger partial charge is 0.0276 e. The molecule has 1 aliphatic carbocycles. The molecule has 0 atom stereocenters. The van der Waals surface area contributed by atoms with Gasteiger partial charge in [-0.1, -0.05) is 13.8 Å². The molecule has 0 aromatic rings. The molecule has 1 rings (SSSR count). The summed E-state index contributed by atoms with van der Waals surface area (Å²) in [5, 5.41) is 0. The third-order valence-electron chi connectivity index (χ3n) is 2.41. The summed E-state index contributed by atoms with van der Waals surface area (Å²) in [6, 6.07) is 0. The Balaban J connectivity index is 2.80. The van der Waals surface area contributed by atoms with E-state index in [1.807, 2.05) is 14.1 Å². The van der Waals surface area contributed by atoms with Gasteiger partial charge in [0.25, 0.3) is 0 Å². The summed E-state index contributed by atoms with van der Waals surface area (Å²) in [6.07, 6.45) is 3.25. The van der Waals surface area contributed by atoms with E-state index in [4.69, 9.17) is 0 Å². The maximum atomic E-state index is 4.28. The Labute approximate surface area is 74.8 Å². The van der Waals surface area contributed by atoms with E-state index >= 15 is 0 Å². The van der Waals surface area contributed by atoms with Gasteiger partial charge in [-0.05, 0) is 18.3 Å². The Bertz CT molecular complexity index is 202. The van der Waals surface area contributed by atoms with Crippen LogP contribution in [0.15, 0.2) is 9.98 Å². The summed E-state index contributed by atoms with van der Waals surface area (Å²) in [4.78, 5) is 8.55. The molecule has 0 radical (unpaired) electrons. The molecule has 0 N–H and O–H groups in total. The van der Waals surface area contributed by atoms with Crippen molar-refractivity contribution in [2.75, 3.05) is 14.1 Å². The molecule has 0 spiro atoms. The number of nitrogens with zero attached hydrogens (tertiary/aromatic N) is 2. The first kappa shape index (κ1) is 9.43. The van der Waals surface area contributed by atoms with Gasteiger partial charge in [-0.3, -0.25) is 9.98 Å². The summed E-state index contributed by atoms with van der Waals surface area (Å²) in [6.45, 7) is 4.56. The van der Waals surface area contributed by atoms with Crippen LogP contribution in [-0.4, -0.2) is 25.5 Å². The molecule has 1 aliphatic rings. The van der Waals surface area contributed by atoms with E-state index < -0.39 is 0 Å². The van der Waals surface area contributed by atoms with Gasteiger partial charge in [0.15, 0.2) is 0 Å². The van der Waals surface area contributed by atoms with E-state index in [0.29, 0.717) is 5.41 Å². The maximum Gasteiger partial charge on any atom is 0.0276 e. The van der Waals surface area contributed by atoms with Crippen molar-refractivity contribution in [1.29, 1.82) is 0 Å². The predicted molar refractivity (Wildman–Crippen MR) is 54.4 cm³/mol. The molecule has 0 heterocycles. The molecule has 2 nitrogen and oxygen atoms in total. The van der Waals surface area contributed by atoms with E-state index in [9.17, 15) is 0 Å². The van der Waals surface area contributed by atoms with Crippen LogP contribution in [-0.2, 0) is 0 Å². The molecule has 0 unspecified atom stereocenters. The molecule has 1 fully saturated rings. The molecular formula is C10H18N2. The molecule has 68 valence electrons. The number of rotatable bonds is 0. The van der Waals surface area contributed by atoms with Gasteiger partial charge in [-0.2, -0.15) is 0 Å². The second kappa shape index (κ2) is 3.38. The highest BCUT2D eigenvalue weighted by molar-refractivity contribution is 6.07. The average molecular weight is 166 g/mol. The van der Waals surface area contributed by atoms with Gasteiger partial charge in [0.2, 0.25) is 0 Å². The first-order chi connectivity index (χ1) is 5.57. The van der Waals surface area contributed by atoms with Gasteiger partial charge in [0.1, 0.15) is 0 Å². The molecule has 0 aromatic heterocycles. The summed E-state index contributed by atoms with van der Waals surface area (Å²) in [7, 11) is 3.76. The first-order valence-electron chi connectivity index (χ1n) is 4.46. The van der Waals surface area contributed by atoms with Crippen LogP contribution in [0.25, 0.3) is 0 Å². The van der Waals surface area contributed by atoms with E-state index in [1.165, 1.54) is 11.4 Å². The Morgan fingerprint density at radius 3 is 1.75 bits per heavy atom. The van der Waals surface area contributed by atoms with Crippen LogP contribution in [0.1, 0.15) is 33.1 Å². The van der Waals surface area contributed by atoms with E-state index in [2.05, 4.69) is 23.8 Å². The second-order valence-electron chi connectivity index (χ2n) is 4.27. The zero-order chi connectivity index (χ0) is 9.19. The molecule has 0 saturated heterocycles. The lowest BCUT2D eigenvalue weighted by Crippen LogP contribution is -2.29. The van der Waals surface area contributed by atoms with Crippen LogP contribution in [0.2, 0.25) is 0 Å². The quantitative estimate of drug-likeness (QED) is 0.527. The molecule has 0 aliphatic heterocycles. The van der Waals surface area contributed by atoms with E-state index in [1.54, 1.807) is 0 Å². The van der Waals surface area contributed by atoms with Crippen LogP contribution < -0.4 is 0 Å². The zero-order valence-electron chi connectivity index (χ0n) is 8.52. The normalized spacial score (nSPS) is 29.7. The summed E-state index contributed by atoms with van der Waals surface area (Å²) in [5.41, 5.74) is 2.96. The summed E-state index contributed by atoms with van der Waals surface area (Å²) < 4.78 is 0. The molecule has 0 bridgehead atoms. The largest absolute Gasteiger partial charge is 0.297 e. The van der Waals surface area contributed by atoms with Crippen LogP contribution >= 0.6 is 0 Å². The molecule has 1 saturated carbocycles. The van der Waals surface area contributed by atoms with Gasteiger partial charge >= 0.3 is 0 Å². The number of hydrogen-bond donors (Lipinski definition) is 0. The Morgan fingerprint density at radius 1 is 1.00 bits per heavy atom. The molecule has 2 heteroatoms. The average Bonchev–Trinajstić information content (AvgIpc) is 2.01. The maximum absolute atomic E-state index is 4.28. The number of aliphatic imine (C=N–C) groups is 2. The van der Waals surface area contributed by atoms with Gasteiger partial charge < -0.3 is 0 Å². The topological polar surface area (TPSA) is 24.7 Å². The van der Waals surface area contributed by atoms with Crippen molar-refractivity contribution in [2.45, 2.75) is 33.1 Å². The van der Waals surface area contributed by atoms with E-state index in [-0.39, 0.29) is 0 Å². The molecular weight excluding hydrogens is 148 g/mol. The minimum absolute atomic E-state index is 0.363. The van der Waals surface area contributed by atoms with Crippen molar-refractivity contribution < 1.29 is 0 Å². The Hall–Kier alpha value is -0.660. The highest BCUT2D eigenvalue weighted by Crippen LogP contribution is 2.32. The van der Waals surface area contributed by atoms with Gasteiger partial charge in [0.05, 0.1) is 0 Å². The Kier molecular flexibility index (Phi) is 2.65. The van der Waals surface area contributed by atoms with Crippen molar-refractivity contribution >= 4 is 11.4 Å². The fourth-order valence-electron chi connectivity index (χ4n) is 1.84. The van der Waals surface area contributed by atoms with Crippen LogP contribution in [0.3, 0.4) is 0 Å². The van der Waals surface area contributed by atoms with E-state index in [0.717, 1.165) is 19.3 Å². The van der Waals surface area contributed by atoms with Crippen molar-refractivity contribution in [3.8, 4) is 0 Å². The molecule has 12 heavy (non-hydrogen) atoms. The summed E-state index contributed by atoms with van der Waals surface area (Å²) >= 11 is 0. The molecule has 0 amide bonds. The minimum atomic E-state index is 0.363. The fourth-order valence-corrected chi connectivity index (χ4v) is 1.84. The van der Waals surface area contributed by atoms with Crippen LogP contribution in [0.5, 0.6) is 0 Å². The van der Waals surface area contributed by atoms with Gasteiger partial charge in [-0.25, -0.2) is 0 Å². The Morgan fingerprint density at radius 2 is 1.42 bits per heavy atom. The van der Waals surface area contributed by atoms with Gasteiger partial charge in [-0.15, -0.1) is 0 Å². The third-order valence-corrected chi connectivity index (χ3v) is 2.41. The van der Waals surface area contributed by atoms with Crippen LogP contribution in [0.4, 0.5) is 0 Å². The standard InChI is InChI=1S/C10H18N2/c1-10(2)6-8(11-3)5-9(7-10)12-4/h5-7H2,1-4H3. The van der Waals surface area contributed by atoms with Crippen LogP contribution in [0, 0.1) is 5.41 Å². The van der Waals surface area contributed by atoms with Crippen molar-refractivity contribution in [2.24, 2.45) is 15.4 Å². The highest BCUT2D eigenvalue weighted by atomic mass is 14.7. The lowest BCUT2D eigenvalue weighted by atomic mass is 9.75.